The largest absolute Gasteiger partial charge is 0.385 e. The highest BCUT2D eigenvalue weighted by Gasteiger charge is 2.21. The molecular weight excluding hydrogens is 155 g/mol. The lowest BCUT2D eigenvalue weighted by Crippen LogP contribution is -2.21. The van der Waals surface area contributed by atoms with Gasteiger partial charge in [-0.1, -0.05) is 30.3 Å². The Hall–Kier alpha value is -0.890. The van der Waals surface area contributed by atoms with Gasteiger partial charge in [0.2, 0.25) is 0 Å². The summed E-state index contributed by atoms with van der Waals surface area (Å²) in [6.07, 6.45) is 0.150. The van der Waals surface area contributed by atoms with Crippen LogP contribution in [-0.2, 0) is 5.60 Å². The molecule has 0 aliphatic carbocycles. The molecule has 0 fully saturated rings. The summed E-state index contributed by atoms with van der Waals surface area (Å²) in [5.74, 6) is 0. The van der Waals surface area contributed by atoms with Gasteiger partial charge < -0.3 is 5.11 Å². The molecule has 1 aromatic rings. The van der Waals surface area contributed by atoms with E-state index < -0.39 is 12.3 Å². The molecule has 0 bridgehead atoms. The van der Waals surface area contributed by atoms with Crippen LogP contribution in [0.5, 0.6) is 0 Å². The van der Waals surface area contributed by atoms with Gasteiger partial charge in [0.1, 0.15) is 0 Å². The average Bonchev–Trinajstić information content (AvgIpc) is 2.06. The summed E-state index contributed by atoms with van der Waals surface area (Å²) in [4.78, 5) is 0. The average molecular weight is 168 g/mol. The van der Waals surface area contributed by atoms with Crippen LogP contribution in [-0.4, -0.2) is 11.8 Å². The van der Waals surface area contributed by atoms with Gasteiger partial charge in [0.05, 0.1) is 12.3 Å². The predicted octanol–water partition coefficient (Wildman–Crippen LogP) is 2.25. The van der Waals surface area contributed by atoms with Gasteiger partial charge >= 0.3 is 0 Å². The van der Waals surface area contributed by atoms with Crippen LogP contribution in [0.25, 0.3) is 0 Å². The summed E-state index contributed by atoms with van der Waals surface area (Å²) in [6, 6.07) is 9.14. The Morgan fingerprint density at radius 1 is 1.33 bits per heavy atom. The first-order valence-electron chi connectivity index (χ1n) is 4.01. The normalized spacial score (nSPS) is 15.6. The summed E-state index contributed by atoms with van der Waals surface area (Å²) in [5, 5.41) is 9.75. The van der Waals surface area contributed by atoms with Crippen LogP contribution < -0.4 is 0 Å². The maximum absolute atomic E-state index is 12.0. The standard InChI is InChI=1S/C10H13FO/c1-10(12,7-8-11)9-5-3-2-4-6-9/h2-6,12H,7-8H2,1H3. The first kappa shape index (κ1) is 9.20. The van der Waals surface area contributed by atoms with Crippen LogP contribution in [0.2, 0.25) is 0 Å². The monoisotopic (exact) mass is 168 g/mol. The van der Waals surface area contributed by atoms with E-state index in [0.717, 1.165) is 5.56 Å². The van der Waals surface area contributed by atoms with Crippen molar-refractivity contribution in [2.24, 2.45) is 0 Å². The molecule has 0 aliphatic heterocycles. The van der Waals surface area contributed by atoms with Gasteiger partial charge in [-0.25, -0.2) is 0 Å². The van der Waals surface area contributed by atoms with Crippen LogP contribution in [0.4, 0.5) is 4.39 Å². The van der Waals surface area contributed by atoms with Gasteiger partial charge in [0.25, 0.3) is 0 Å². The molecule has 1 atom stereocenters. The van der Waals surface area contributed by atoms with E-state index in [9.17, 15) is 9.50 Å². The first-order valence-corrected chi connectivity index (χ1v) is 4.01. The van der Waals surface area contributed by atoms with Crippen LogP contribution in [0, 0.1) is 0 Å². The van der Waals surface area contributed by atoms with Crippen molar-refractivity contribution in [1.82, 2.24) is 0 Å². The fourth-order valence-electron chi connectivity index (χ4n) is 1.13. The molecule has 1 nitrogen and oxygen atoms in total. The topological polar surface area (TPSA) is 20.2 Å². The highest BCUT2D eigenvalue weighted by atomic mass is 19.1. The van der Waals surface area contributed by atoms with Crippen LogP contribution >= 0.6 is 0 Å². The van der Waals surface area contributed by atoms with E-state index >= 15 is 0 Å². The molecule has 1 rings (SSSR count). The molecule has 12 heavy (non-hydrogen) atoms. The van der Waals surface area contributed by atoms with Gasteiger partial charge in [-0.3, -0.25) is 4.39 Å². The zero-order valence-electron chi connectivity index (χ0n) is 7.13. The third-order valence-corrected chi connectivity index (χ3v) is 1.98. The lowest BCUT2D eigenvalue weighted by atomic mass is 9.93. The summed E-state index contributed by atoms with van der Waals surface area (Å²) in [7, 11) is 0. The SMILES string of the molecule is CC(O)(CCF)c1ccccc1. The summed E-state index contributed by atoms with van der Waals surface area (Å²) in [5.41, 5.74) is -0.265. The Morgan fingerprint density at radius 3 is 2.42 bits per heavy atom. The fraction of sp³-hybridized carbons (Fsp3) is 0.400. The molecule has 0 heterocycles. The number of hydrogen-bond acceptors (Lipinski definition) is 1. The van der Waals surface area contributed by atoms with Gasteiger partial charge in [-0.05, 0) is 12.5 Å². The third kappa shape index (κ3) is 2.05. The van der Waals surface area contributed by atoms with Crippen LogP contribution in [0.1, 0.15) is 18.9 Å². The molecule has 66 valence electrons. The molecule has 0 spiro atoms. The van der Waals surface area contributed by atoms with E-state index in [1.807, 2.05) is 18.2 Å². The van der Waals surface area contributed by atoms with E-state index in [1.165, 1.54) is 0 Å². The number of rotatable bonds is 3. The number of hydrogen-bond donors (Lipinski definition) is 1. The second-order valence-corrected chi connectivity index (χ2v) is 3.08. The zero-order valence-corrected chi connectivity index (χ0v) is 7.13. The van der Waals surface area contributed by atoms with E-state index in [0.29, 0.717) is 0 Å². The predicted molar refractivity (Wildman–Crippen MR) is 46.6 cm³/mol. The van der Waals surface area contributed by atoms with Crippen molar-refractivity contribution >= 4 is 0 Å². The molecule has 0 saturated carbocycles. The molecule has 0 radical (unpaired) electrons. The molecule has 0 aliphatic rings. The highest BCUT2D eigenvalue weighted by molar-refractivity contribution is 5.21. The second kappa shape index (κ2) is 3.68. The maximum Gasteiger partial charge on any atom is 0.0925 e. The van der Waals surface area contributed by atoms with Gasteiger partial charge in [-0.15, -0.1) is 0 Å². The molecule has 1 aromatic carbocycles. The molecule has 0 aromatic heterocycles. The Balaban J connectivity index is 2.82. The second-order valence-electron chi connectivity index (χ2n) is 3.08. The number of alkyl halides is 1. The Labute approximate surface area is 71.9 Å². The number of halogens is 1. The van der Waals surface area contributed by atoms with Gasteiger partial charge in [0, 0.05) is 6.42 Å². The van der Waals surface area contributed by atoms with E-state index in [2.05, 4.69) is 0 Å². The van der Waals surface area contributed by atoms with Gasteiger partial charge in [-0.2, -0.15) is 0 Å². The first-order chi connectivity index (χ1) is 5.67. The smallest absolute Gasteiger partial charge is 0.0925 e. The van der Waals surface area contributed by atoms with Crippen molar-refractivity contribution < 1.29 is 9.50 Å². The molecule has 0 amide bonds. The van der Waals surface area contributed by atoms with Crippen molar-refractivity contribution in [2.45, 2.75) is 18.9 Å². The molecule has 1 unspecified atom stereocenters. The summed E-state index contributed by atoms with van der Waals surface area (Å²) in [6.45, 7) is 1.13. The number of aliphatic hydroxyl groups is 1. The molecule has 2 heteroatoms. The highest BCUT2D eigenvalue weighted by Crippen LogP contribution is 2.23. The quantitative estimate of drug-likeness (QED) is 0.734. The van der Waals surface area contributed by atoms with E-state index in [4.69, 9.17) is 0 Å². The van der Waals surface area contributed by atoms with Crippen LogP contribution in [0.15, 0.2) is 30.3 Å². The minimum atomic E-state index is -1.03. The van der Waals surface area contributed by atoms with E-state index in [1.54, 1.807) is 19.1 Å². The van der Waals surface area contributed by atoms with Crippen molar-refractivity contribution in [3.8, 4) is 0 Å². The maximum atomic E-state index is 12.0. The molecule has 0 saturated heterocycles. The Bertz CT molecular complexity index is 231. The van der Waals surface area contributed by atoms with Crippen molar-refractivity contribution in [2.75, 3.05) is 6.67 Å². The lowest BCUT2D eigenvalue weighted by molar-refractivity contribution is 0.0408. The summed E-state index contributed by atoms with van der Waals surface area (Å²) < 4.78 is 12.0. The van der Waals surface area contributed by atoms with Crippen molar-refractivity contribution in [3.63, 3.8) is 0 Å². The zero-order chi connectivity index (χ0) is 9.03. The Morgan fingerprint density at radius 2 is 1.92 bits per heavy atom. The summed E-state index contributed by atoms with van der Waals surface area (Å²) >= 11 is 0. The number of benzene rings is 1. The fourth-order valence-corrected chi connectivity index (χ4v) is 1.13. The molecular formula is C10H13FO. The van der Waals surface area contributed by atoms with E-state index in [-0.39, 0.29) is 6.42 Å². The van der Waals surface area contributed by atoms with Crippen molar-refractivity contribution in [1.29, 1.82) is 0 Å². The Kier molecular flexibility index (Phi) is 2.82. The minimum absolute atomic E-state index is 0.150. The van der Waals surface area contributed by atoms with Gasteiger partial charge in [0.15, 0.2) is 0 Å². The van der Waals surface area contributed by atoms with Crippen LogP contribution in [0.3, 0.4) is 0 Å². The minimum Gasteiger partial charge on any atom is -0.385 e. The third-order valence-electron chi connectivity index (χ3n) is 1.98. The van der Waals surface area contributed by atoms with Crippen molar-refractivity contribution in [3.05, 3.63) is 35.9 Å². The lowest BCUT2D eigenvalue weighted by Gasteiger charge is -2.21. The molecule has 1 N–H and O–H groups in total.